The minimum Gasteiger partial charge on any atom is -0.560 e. The fourth-order valence-electron chi connectivity index (χ4n) is 2.81. The summed E-state index contributed by atoms with van der Waals surface area (Å²) in [5, 5.41) is 28.0. The van der Waals surface area contributed by atoms with E-state index in [1.165, 1.54) is 31.2 Å². The predicted molar refractivity (Wildman–Crippen MR) is 121 cm³/mol. The molecule has 10 nitrogen and oxygen atoms in total. The summed E-state index contributed by atoms with van der Waals surface area (Å²) in [6.07, 6.45) is 0. The second kappa shape index (κ2) is 8.91. The number of fused-ring (bicyclic) bond motifs is 1. The SMILES string of the molecule is C/C(O)=C(\N=Nc1cc2[nH]c(=O)cc(C)c2cc1Cl)C(=O)Nc1ccc(S([NH-])(=O)=O)cc1. The first-order chi connectivity index (χ1) is 15.0. The van der Waals surface area contributed by atoms with Crippen LogP contribution >= 0.6 is 11.6 Å². The molecular weight excluding hydrogens is 458 g/mol. The topological polar surface area (TPSA) is 165 Å². The standard InChI is InChI=1S/C20H18ClN5O5S/c1-10-7-18(28)24-16-9-17(15(21)8-14(10)16)25-26-19(11(2)27)20(29)23-12-3-5-13(6-4-12)32(22,30)31/h3-9H,1-2H3,(H5,22,23,24,25,27,28,29,30,31)/p-1. The van der Waals surface area contributed by atoms with Crippen LogP contribution in [-0.4, -0.2) is 24.4 Å². The van der Waals surface area contributed by atoms with Crippen molar-refractivity contribution in [1.29, 1.82) is 0 Å². The van der Waals surface area contributed by atoms with Crippen LogP contribution < -0.4 is 10.9 Å². The summed E-state index contributed by atoms with van der Waals surface area (Å²) in [5.41, 5.74) is 0.884. The molecule has 32 heavy (non-hydrogen) atoms. The van der Waals surface area contributed by atoms with Crippen molar-refractivity contribution in [3.05, 3.63) is 80.0 Å². The molecular formula is C20H17ClN5O5S-. The van der Waals surface area contributed by atoms with Gasteiger partial charge in [-0.3, -0.25) is 9.59 Å². The van der Waals surface area contributed by atoms with Crippen LogP contribution in [0.25, 0.3) is 16.0 Å². The lowest BCUT2D eigenvalue weighted by Gasteiger charge is -2.09. The minimum absolute atomic E-state index is 0.164. The van der Waals surface area contributed by atoms with Crippen LogP contribution in [0.4, 0.5) is 11.4 Å². The summed E-state index contributed by atoms with van der Waals surface area (Å²) < 4.78 is 22.4. The normalized spacial score (nSPS) is 12.8. The van der Waals surface area contributed by atoms with Crippen molar-refractivity contribution in [2.75, 3.05) is 5.32 Å². The third kappa shape index (κ3) is 5.19. The van der Waals surface area contributed by atoms with Crippen LogP contribution in [0.15, 0.2) is 73.8 Å². The van der Waals surface area contributed by atoms with Gasteiger partial charge in [-0.25, -0.2) is 8.42 Å². The van der Waals surface area contributed by atoms with Gasteiger partial charge in [0.05, 0.1) is 20.6 Å². The maximum Gasteiger partial charge on any atom is 0.279 e. The van der Waals surface area contributed by atoms with Gasteiger partial charge in [-0.15, -0.1) is 10.2 Å². The Hall–Kier alpha value is -3.54. The van der Waals surface area contributed by atoms with Gasteiger partial charge in [-0.2, -0.15) is 0 Å². The maximum atomic E-state index is 12.5. The molecule has 0 bridgehead atoms. The van der Waals surface area contributed by atoms with Gasteiger partial charge in [0.2, 0.25) is 5.56 Å². The van der Waals surface area contributed by atoms with Gasteiger partial charge in [0.25, 0.3) is 5.91 Å². The zero-order valence-electron chi connectivity index (χ0n) is 16.8. The average molecular weight is 475 g/mol. The van der Waals surface area contributed by atoms with Gasteiger partial charge in [0.1, 0.15) is 11.4 Å². The fraction of sp³-hybridized carbons (Fsp3) is 0.100. The Balaban J connectivity index is 1.88. The molecule has 1 heterocycles. The molecule has 12 heteroatoms. The number of nitrogens with one attached hydrogen (secondary N) is 3. The number of carbonyl (C=O) groups is 1. The lowest BCUT2D eigenvalue weighted by molar-refractivity contribution is -0.113. The molecule has 1 aromatic heterocycles. The molecule has 2 aromatic carbocycles. The van der Waals surface area contributed by atoms with E-state index < -0.39 is 27.4 Å². The number of carbonyl (C=O) groups excluding carboxylic acids is 1. The first-order valence-electron chi connectivity index (χ1n) is 9.01. The van der Waals surface area contributed by atoms with Crippen LogP contribution in [0, 0.1) is 6.92 Å². The van der Waals surface area contributed by atoms with Crippen molar-refractivity contribution in [3.63, 3.8) is 0 Å². The van der Waals surface area contributed by atoms with Gasteiger partial charge in [0.15, 0.2) is 5.70 Å². The van der Waals surface area contributed by atoms with Gasteiger partial charge in [-0.1, -0.05) is 11.6 Å². The number of amides is 1. The van der Waals surface area contributed by atoms with Crippen molar-refractivity contribution < 1.29 is 18.3 Å². The molecule has 0 saturated heterocycles. The Morgan fingerprint density at radius 1 is 1.19 bits per heavy atom. The Labute approximate surface area is 187 Å². The molecule has 3 aromatic rings. The maximum absolute atomic E-state index is 12.5. The summed E-state index contributed by atoms with van der Waals surface area (Å²) in [4.78, 5) is 26.7. The van der Waals surface area contributed by atoms with E-state index in [2.05, 4.69) is 20.5 Å². The smallest absolute Gasteiger partial charge is 0.279 e. The Bertz CT molecular complexity index is 1440. The largest absolute Gasteiger partial charge is 0.560 e. The highest BCUT2D eigenvalue weighted by atomic mass is 35.5. The Kier molecular flexibility index (Phi) is 6.44. The van der Waals surface area contributed by atoms with E-state index in [1.807, 2.05) is 0 Å². The highest BCUT2D eigenvalue weighted by Crippen LogP contribution is 2.31. The van der Waals surface area contributed by atoms with Crippen molar-refractivity contribution in [2.24, 2.45) is 10.2 Å². The summed E-state index contributed by atoms with van der Waals surface area (Å²) in [6, 6.07) is 9.44. The van der Waals surface area contributed by atoms with E-state index in [1.54, 1.807) is 13.0 Å². The van der Waals surface area contributed by atoms with E-state index in [4.69, 9.17) is 16.7 Å². The first kappa shape index (κ1) is 23.1. The fourth-order valence-corrected chi connectivity index (χ4v) is 3.50. The Morgan fingerprint density at radius 2 is 1.84 bits per heavy atom. The van der Waals surface area contributed by atoms with Crippen molar-refractivity contribution in [3.8, 4) is 0 Å². The summed E-state index contributed by atoms with van der Waals surface area (Å²) in [5.74, 6) is -1.23. The number of aryl methyl sites for hydroxylation is 1. The number of sulfonamides is 1. The molecule has 3 rings (SSSR count). The molecule has 166 valence electrons. The second-order valence-corrected chi connectivity index (χ2v) is 8.67. The van der Waals surface area contributed by atoms with Crippen LogP contribution in [0.3, 0.4) is 0 Å². The van der Waals surface area contributed by atoms with E-state index >= 15 is 0 Å². The van der Waals surface area contributed by atoms with Gasteiger partial charge < -0.3 is 20.5 Å². The number of azo groups is 1. The molecule has 0 radical (unpaired) electrons. The minimum atomic E-state index is -4.12. The molecule has 4 N–H and O–H groups in total. The molecule has 0 aliphatic carbocycles. The number of aliphatic hydroxyl groups is 1. The molecule has 0 aliphatic heterocycles. The molecule has 0 aliphatic rings. The van der Waals surface area contributed by atoms with Gasteiger partial charge >= 0.3 is 0 Å². The number of aromatic amines is 1. The number of rotatable bonds is 5. The lowest BCUT2D eigenvalue weighted by Crippen LogP contribution is -2.14. The molecule has 0 atom stereocenters. The van der Waals surface area contributed by atoms with Crippen molar-refractivity contribution >= 4 is 49.8 Å². The number of hydrogen-bond acceptors (Lipinski definition) is 7. The number of nitrogens with zero attached hydrogens (tertiary/aromatic N) is 2. The number of halogens is 1. The van der Waals surface area contributed by atoms with E-state index in [0.29, 0.717) is 5.52 Å². The quantitative estimate of drug-likeness (QED) is 0.275. The zero-order chi connectivity index (χ0) is 23.6. The second-order valence-electron chi connectivity index (χ2n) is 6.78. The van der Waals surface area contributed by atoms with Crippen LogP contribution in [0.5, 0.6) is 0 Å². The number of H-pyrrole nitrogens is 1. The Morgan fingerprint density at radius 3 is 2.44 bits per heavy atom. The third-order valence-electron chi connectivity index (χ3n) is 4.36. The highest BCUT2D eigenvalue weighted by molar-refractivity contribution is 7.93. The lowest BCUT2D eigenvalue weighted by atomic mass is 10.1. The number of anilines is 1. The van der Waals surface area contributed by atoms with E-state index in [9.17, 15) is 23.1 Å². The first-order valence-corrected chi connectivity index (χ1v) is 10.9. The molecule has 0 saturated carbocycles. The van der Waals surface area contributed by atoms with Crippen LogP contribution in [0.2, 0.25) is 5.02 Å². The molecule has 0 spiro atoms. The van der Waals surface area contributed by atoms with Gasteiger partial charge in [-0.05, 0) is 55.8 Å². The number of aromatic nitrogens is 1. The zero-order valence-corrected chi connectivity index (χ0v) is 18.4. The number of allylic oxidation sites excluding steroid dienone is 1. The summed E-state index contributed by atoms with van der Waals surface area (Å²) in [7, 11) is -4.12. The summed E-state index contributed by atoms with van der Waals surface area (Å²) >= 11 is 6.25. The molecule has 0 unspecified atom stereocenters. The van der Waals surface area contributed by atoms with Crippen molar-refractivity contribution in [2.45, 2.75) is 18.7 Å². The highest BCUT2D eigenvalue weighted by Gasteiger charge is 2.14. The molecule has 1 amide bonds. The summed E-state index contributed by atoms with van der Waals surface area (Å²) in [6.45, 7) is 3.01. The van der Waals surface area contributed by atoms with E-state index in [0.717, 1.165) is 23.1 Å². The number of pyridine rings is 1. The monoisotopic (exact) mass is 474 g/mol. The third-order valence-corrected chi connectivity index (χ3v) is 5.55. The average Bonchev–Trinajstić information content (AvgIpc) is 2.68. The molecule has 0 fully saturated rings. The van der Waals surface area contributed by atoms with Crippen LogP contribution in [-0.2, 0) is 14.8 Å². The number of aliphatic hydroxyl groups excluding tert-OH is 1. The van der Waals surface area contributed by atoms with Crippen molar-refractivity contribution in [1.82, 2.24) is 4.98 Å². The number of benzene rings is 2. The van der Waals surface area contributed by atoms with E-state index in [-0.39, 0.29) is 26.9 Å². The van der Waals surface area contributed by atoms with Crippen LogP contribution in [0.1, 0.15) is 12.5 Å². The predicted octanol–water partition coefficient (Wildman–Crippen LogP) is 4.74. The van der Waals surface area contributed by atoms with Gasteiger partial charge in [0, 0.05) is 22.0 Å². The number of hydrogen-bond donors (Lipinski definition) is 3.